The van der Waals surface area contributed by atoms with E-state index in [0.29, 0.717) is 33.6 Å². The zero-order valence-corrected chi connectivity index (χ0v) is 24.3. The minimum atomic E-state index is -1.31. The predicted octanol–water partition coefficient (Wildman–Crippen LogP) is 5.83. The van der Waals surface area contributed by atoms with E-state index >= 15 is 0 Å². The van der Waals surface area contributed by atoms with Gasteiger partial charge in [0.25, 0.3) is 0 Å². The van der Waals surface area contributed by atoms with E-state index in [9.17, 15) is 19.2 Å². The van der Waals surface area contributed by atoms with Crippen molar-refractivity contribution in [2.75, 3.05) is 18.6 Å². The number of amides is 2. The van der Waals surface area contributed by atoms with Crippen molar-refractivity contribution < 1.29 is 28.7 Å². The highest BCUT2D eigenvalue weighted by Crippen LogP contribution is 2.69. The summed E-state index contributed by atoms with van der Waals surface area (Å²) in [5.74, 6) is -3.52. The first-order chi connectivity index (χ1) is 20.7. The number of carbonyl (C=O) groups is 4. The number of alkyl halides is 2. The van der Waals surface area contributed by atoms with Gasteiger partial charge < -0.3 is 9.47 Å². The molecule has 1 saturated heterocycles. The molecule has 2 atom stereocenters. The quantitative estimate of drug-likeness (QED) is 0.118. The van der Waals surface area contributed by atoms with Gasteiger partial charge >= 0.3 is 5.97 Å². The fraction of sp³-hybridized carbons (Fsp3) is 0.176. The number of nitrogens with zero attached hydrogens (tertiary/aromatic N) is 1. The number of Topliss-reactive ketones (excluding diaryl/α,β-unsaturated/α-hetero) is 1. The first-order valence-corrected chi connectivity index (χ1v) is 14.4. The van der Waals surface area contributed by atoms with E-state index in [-0.39, 0.29) is 11.3 Å². The van der Waals surface area contributed by atoms with Crippen LogP contribution in [0.2, 0.25) is 0 Å². The summed E-state index contributed by atoms with van der Waals surface area (Å²) in [5.41, 5.74) is 3.43. The lowest BCUT2D eigenvalue weighted by molar-refractivity contribution is -0.122. The lowest BCUT2D eigenvalue weighted by atomic mass is 9.54. The highest BCUT2D eigenvalue weighted by molar-refractivity contribution is 6.38. The van der Waals surface area contributed by atoms with Gasteiger partial charge in [0.05, 0.1) is 30.2 Å². The number of benzene rings is 4. The van der Waals surface area contributed by atoms with Crippen LogP contribution in [0.15, 0.2) is 97.1 Å². The van der Waals surface area contributed by atoms with E-state index in [0.717, 1.165) is 4.90 Å². The van der Waals surface area contributed by atoms with Gasteiger partial charge in [-0.15, -0.1) is 23.2 Å². The third kappa shape index (κ3) is 3.74. The van der Waals surface area contributed by atoms with Crippen molar-refractivity contribution in [3.05, 3.63) is 130 Å². The summed E-state index contributed by atoms with van der Waals surface area (Å²) in [6, 6.07) is 27.2. The third-order valence-electron chi connectivity index (χ3n) is 8.67. The fourth-order valence-corrected chi connectivity index (χ4v) is 7.87. The molecule has 4 aromatic rings. The molecule has 9 heteroatoms. The molecule has 8 rings (SSSR count). The minimum absolute atomic E-state index is 0.0752. The van der Waals surface area contributed by atoms with Crippen LogP contribution in [0.25, 0.3) is 0 Å². The Bertz CT molecular complexity index is 1730. The molecule has 0 unspecified atom stereocenters. The topological polar surface area (TPSA) is 90.0 Å². The summed E-state index contributed by atoms with van der Waals surface area (Å²) >= 11 is 15.0. The molecule has 1 fully saturated rings. The van der Waals surface area contributed by atoms with Gasteiger partial charge in [-0.3, -0.25) is 14.4 Å². The number of hydrogen-bond donors (Lipinski definition) is 0. The van der Waals surface area contributed by atoms with Crippen LogP contribution in [0.4, 0.5) is 5.69 Å². The van der Waals surface area contributed by atoms with Crippen LogP contribution in [0.1, 0.15) is 43.0 Å². The highest BCUT2D eigenvalue weighted by atomic mass is 35.5. The second kappa shape index (κ2) is 9.79. The highest BCUT2D eigenvalue weighted by Gasteiger charge is 2.73. The van der Waals surface area contributed by atoms with Crippen molar-refractivity contribution in [1.29, 1.82) is 0 Å². The number of rotatable bonds is 6. The van der Waals surface area contributed by atoms with E-state index in [2.05, 4.69) is 0 Å². The van der Waals surface area contributed by atoms with E-state index in [1.54, 1.807) is 36.4 Å². The molecule has 1 aliphatic heterocycles. The molecule has 4 aliphatic rings. The monoisotopic (exact) mass is 611 g/mol. The Kier molecular flexibility index (Phi) is 6.24. The second-order valence-electron chi connectivity index (χ2n) is 10.8. The lowest BCUT2D eigenvalue weighted by Gasteiger charge is -2.54. The zero-order valence-electron chi connectivity index (χ0n) is 22.8. The average Bonchev–Trinajstić information content (AvgIpc) is 3.33. The summed E-state index contributed by atoms with van der Waals surface area (Å²) < 4.78 is 10.4. The Balaban J connectivity index is 1.20. The second-order valence-corrected chi connectivity index (χ2v) is 12.0. The smallest absolute Gasteiger partial charge is 0.338 e. The van der Waals surface area contributed by atoms with E-state index < -0.39 is 51.8 Å². The van der Waals surface area contributed by atoms with Crippen LogP contribution in [0.3, 0.4) is 0 Å². The number of imide groups is 1. The van der Waals surface area contributed by atoms with Crippen LogP contribution in [-0.2, 0) is 24.1 Å². The van der Waals surface area contributed by atoms with Crippen LogP contribution < -0.4 is 9.64 Å². The van der Waals surface area contributed by atoms with Gasteiger partial charge in [-0.05, 0) is 64.7 Å². The molecule has 4 aromatic carbocycles. The average molecular weight is 612 g/mol. The van der Waals surface area contributed by atoms with Gasteiger partial charge in [-0.2, -0.15) is 0 Å². The van der Waals surface area contributed by atoms with Gasteiger partial charge in [0.15, 0.2) is 12.4 Å². The van der Waals surface area contributed by atoms with Gasteiger partial charge in [0.1, 0.15) is 15.5 Å². The van der Waals surface area contributed by atoms with Crippen molar-refractivity contribution in [1.82, 2.24) is 0 Å². The maximum Gasteiger partial charge on any atom is 0.338 e. The van der Waals surface area contributed by atoms with Crippen molar-refractivity contribution in [3.63, 3.8) is 0 Å². The van der Waals surface area contributed by atoms with Crippen LogP contribution >= 0.6 is 23.2 Å². The number of anilines is 1. The van der Waals surface area contributed by atoms with Crippen LogP contribution in [0.5, 0.6) is 5.75 Å². The summed E-state index contributed by atoms with van der Waals surface area (Å²) in [6.07, 6.45) is 0. The molecule has 7 nitrogen and oxygen atoms in total. The molecule has 1 heterocycles. The normalized spacial score (nSPS) is 24.7. The van der Waals surface area contributed by atoms with Gasteiger partial charge in [-0.1, -0.05) is 54.6 Å². The maximum atomic E-state index is 14.2. The molecule has 2 bridgehead atoms. The fourth-order valence-electron chi connectivity index (χ4n) is 6.77. The first-order valence-electron chi connectivity index (χ1n) is 13.6. The molecule has 0 spiro atoms. The summed E-state index contributed by atoms with van der Waals surface area (Å²) in [7, 11) is 1.52. The molecule has 0 aromatic heterocycles. The molecule has 2 amide bonds. The van der Waals surface area contributed by atoms with Crippen LogP contribution in [-0.4, -0.2) is 37.3 Å². The summed E-state index contributed by atoms with van der Waals surface area (Å²) in [5, 5.41) is 0. The van der Waals surface area contributed by atoms with E-state index in [1.165, 1.54) is 19.2 Å². The molecule has 3 aliphatic carbocycles. The molecular weight excluding hydrogens is 589 g/mol. The molecule has 214 valence electrons. The Morgan fingerprint density at radius 1 is 0.721 bits per heavy atom. The number of ether oxygens (including phenoxy) is 2. The van der Waals surface area contributed by atoms with E-state index in [4.69, 9.17) is 32.7 Å². The molecule has 43 heavy (non-hydrogen) atoms. The van der Waals surface area contributed by atoms with E-state index in [1.807, 2.05) is 48.5 Å². The van der Waals surface area contributed by atoms with Gasteiger partial charge in [-0.25, -0.2) is 9.69 Å². The lowest BCUT2D eigenvalue weighted by Crippen LogP contribution is -2.57. The number of halogens is 2. The molecule has 0 N–H and O–H groups in total. The first kappa shape index (κ1) is 27.4. The standard InChI is InChI=1S/C34H23Cl2NO6/c1-42-22-15-13-19(14-16-22)27(38)18-43-32(41)20-7-6-8-21(17-20)37-30(39)28-29(31(37)40)34(36)24-10-3-2-9-23(24)33(28,35)25-11-4-5-12-26(25)34/h2-17,28-29H,18H2,1H3/t28-,29-,33?,34?/m0/s1. The molecule has 0 radical (unpaired) electrons. The van der Waals surface area contributed by atoms with Gasteiger partial charge in [0, 0.05) is 5.56 Å². The maximum absolute atomic E-state index is 14.2. The largest absolute Gasteiger partial charge is 0.497 e. The number of ketones is 1. The Labute approximate surface area is 256 Å². The predicted molar refractivity (Wildman–Crippen MR) is 160 cm³/mol. The SMILES string of the molecule is COc1ccc(C(=O)COC(=O)c2cccc(N3C(=O)[C@@H]4[C@@H](C3=O)C3(Cl)c5ccccc5C4(Cl)c4ccccc43)c2)cc1. The van der Waals surface area contributed by atoms with Crippen LogP contribution in [0, 0.1) is 11.8 Å². The van der Waals surface area contributed by atoms with Gasteiger partial charge in [0.2, 0.25) is 11.8 Å². The Morgan fingerprint density at radius 3 is 1.72 bits per heavy atom. The number of hydrogen-bond acceptors (Lipinski definition) is 6. The van der Waals surface area contributed by atoms with Crippen molar-refractivity contribution in [2.45, 2.75) is 9.75 Å². The Hall–Kier alpha value is -4.46. The minimum Gasteiger partial charge on any atom is -0.497 e. The number of carbonyl (C=O) groups excluding carboxylic acids is 4. The zero-order chi connectivity index (χ0) is 30.1. The van der Waals surface area contributed by atoms with Crippen molar-refractivity contribution >= 4 is 52.5 Å². The summed E-state index contributed by atoms with van der Waals surface area (Å²) in [4.78, 5) is 52.4. The molecular formula is C34H23Cl2NO6. The van der Waals surface area contributed by atoms with Crippen molar-refractivity contribution in [3.8, 4) is 5.75 Å². The van der Waals surface area contributed by atoms with Crippen molar-refractivity contribution in [2.24, 2.45) is 11.8 Å². The number of esters is 1. The molecule has 0 saturated carbocycles. The Morgan fingerprint density at radius 2 is 1.23 bits per heavy atom. The third-order valence-corrected chi connectivity index (χ3v) is 9.96. The number of methoxy groups -OCH3 is 1. The summed E-state index contributed by atoms with van der Waals surface area (Å²) in [6.45, 7) is -0.485.